The highest BCUT2D eigenvalue weighted by Crippen LogP contribution is 2.26. The lowest BCUT2D eigenvalue weighted by Gasteiger charge is -2.34. The number of benzene rings is 1. The smallest absolute Gasteiger partial charge is 0.225 e. The number of rotatable bonds is 8. The summed E-state index contributed by atoms with van der Waals surface area (Å²) in [5.41, 5.74) is 0. The molecule has 2 heterocycles. The maximum absolute atomic E-state index is 12.0. The van der Waals surface area contributed by atoms with E-state index in [0.717, 1.165) is 38.7 Å². The summed E-state index contributed by atoms with van der Waals surface area (Å²) in [6, 6.07) is 6.86. The molecule has 1 N–H and O–H groups in total. The van der Waals surface area contributed by atoms with Gasteiger partial charge in [-0.3, -0.25) is 9.69 Å². The number of aromatic nitrogens is 2. The summed E-state index contributed by atoms with van der Waals surface area (Å²) < 4.78 is 5.53. The average molecular weight is 424 g/mol. The van der Waals surface area contributed by atoms with Gasteiger partial charge < -0.3 is 15.0 Å². The second kappa shape index (κ2) is 10.5. The highest BCUT2D eigenvalue weighted by atomic mass is 35.5. The van der Waals surface area contributed by atoms with Crippen molar-refractivity contribution >= 4 is 35.1 Å². The Morgan fingerprint density at radius 2 is 1.86 bits per heavy atom. The SMILES string of the molecule is O=C(CCOc1ccc(Cl)c(Cl)c1)NCCN1CCN(c2ncccn2)CC1. The van der Waals surface area contributed by atoms with Gasteiger partial charge in [-0.1, -0.05) is 23.2 Å². The van der Waals surface area contributed by atoms with Crippen molar-refractivity contribution in [3.8, 4) is 5.75 Å². The number of ether oxygens (including phenoxy) is 1. The van der Waals surface area contributed by atoms with Crippen LogP contribution < -0.4 is 15.0 Å². The maximum Gasteiger partial charge on any atom is 0.225 e. The van der Waals surface area contributed by atoms with Crippen LogP contribution in [0.4, 0.5) is 5.95 Å². The van der Waals surface area contributed by atoms with Crippen LogP contribution in [0.5, 0.6) is 5.75 Å². The second-order valence-electron chi connectivity index (χ2n) is 6.40. The van der Waals surface area contributed by atoms with Gasteiger partial charge in [0.15, 0.2) is 0 Å². The number of amides is 1. The molecule has 1 aliphatic heterocycles. The Morgan fingerprint density at radius 1 is 1.11 bits per heavy atom. The Balaban J connectivity index is 1.28. The number of carbonyl (C=O) groups excluding carboxylic acids is 1. The highest BCUT2D eigenvalue weighted by Gasteiger charge is 2.18. The average Bonchev–Trinajstić information content (AvgIpc) is 2.72. The van der Waals surface area contributed by atoms with E-state index in [1.54, 1.807) is 30.6 Å². The molecule has 0 atom stereocenters. The summed E-state index contributed by atoms with van der Waals surface area (Å²) in [4.78, 5) is 25.0. The van der Waals surface area contributed by atoms with E-state index in [0.29, 0.717) is 35.4 Å². The van der Waals surface area contributed by atoms with Crippen molar-refractivity contribution < 1.29 is 9.53 Å². The summed E-state index contributed by atoms with van der Waals surface area (Å²) in [5.74, 6) is 1.34. The topological polar surface area (TPSA) is 70.6 Å². The molecule has 1 aromatic heterocycles. The lowest BCUT2D eigenvalue weighted by molar-refractivity contribution is -0.121. The molecule has 7 nitrogen and oxygen atoms in total. The van der Waals surface area contributed by atoms with Crippen molar-refractivity contribution in [2.45, 2.75) is 6.42 Å². The van der Waals surface area contributed by atoms with Gasteiger partial charge in [-0.15, -0.1) is 0 Å². The van der Waals surface area contributed by atoms with Crippen molar-refractivity contribution in [1.82, 2.24) is 20.2 Å². The van der Waals surface area contributed by atoms with Crippen LogP contribution in [0.3, 0.4) is 0 Å². The van der Waals surface area contributed by atoms with E-state index in [1.165, 1.54) is 0 Å². The molecule has 150 valence electrons. The van der Waals surface area contributed by atoms with Crippen LogP contribution >= 0.6 is 23.2 Å². The van der Waals surface area contributed by atoms with Crippen molar-refractivity contribution in [2.75, 3.05) is 50.8 Å². The molecule has 0 aliphatic carbocycles. The first-order valence-corrected chi connectivity index (χ1v) is 9.96. The monoisotopic (exact) mass is 423 g/mol. The molecule has 9 heteroatoms. The van der Waals surface area contributed by atoms with E-state index in [9.17, 15) is 4.79 Å². The van der Waals surface area contributed by atoms with Crippen molar-refractivity contribution in [3.05, 3.63) is 46.7 Å². The lowest BCUT2D eigenvalue weighted by Crippen LogP contribution is -2.49. The third-order valence-electron chi connectivity index (χ3n) is 4.45. The molecule has 28 heavy (non-hydrogen) atoms. The number of hydrogen-bond donors (Lipinski definition) is 1. The van der Waals surface area contributed by atoms with Gasteiger partial charge in [-0.25, -0.2) is 9.97 Å². The van der Waals surface area contributed by atoms with Crippen LogP contribution in [0.15, 0.2) is 36.7 Å². The first-order valence-electron chi connectivity index (χ1n) is 9.21. The third kappa shape index (κ3) is 6.22. The van der Waals surface area contributed by atoms with Crippen LogP contribution in [-0.2, 0) is 4.79 Å². The van der Waals surface area contributed by atoms with Crippen molar-refractivity contribution in [2.24, 2.45) is 0 Å². The van der Waals surface area contributed by atoms with Gasteiger partial charge in [0.25, 0.3) is 0 Å². The number of nitrogens with zero attached hydrogens (tertiary/aromatic N) is 4. The van der Waals surface area contributed by atoms with E-state index >= 15 is 0 Å². The Hall–Kier alpha value is -2.09. The lowest BCUT2D eigenvalue weighted by atomic mass is 10.3. The predicted octanol–water partition coefficient (Wildman–Crippen LogP) is 2.49. The molecule has 1 amide bonds. The largest absolute Gasteiger partial charge is 0.493 e. The molecule has 0 saturated carbocycles. The zero-order chi connectivity index (χ0) is 19.8. The Bertz CT molecular complexity index is 770. The van der Waals surface area contributed by atoms with Crippen molar-refractivity contribution in [1.29, 1.82) is 0 Å². The third-order valence-corrected chi connectivity index (χ3v) is 5.19. The molecular formula is C19H23Cl2N5O2. The predicted molar refractivity (Wildman–Crippen MR) is 110 cm³/mol. The Morgan fingerprint density at radius 3 is 2.57 bits per heavy atom. The van der Waals surface area contributed by atoms with Gasteiger partial charge in [0, 0.05) is 57.7 Å². The van der Waals surface area contributed by atoms with Gasteiger partial charge in [-0.2, -0.15) is 0 Å². The fraction of sp³-hybridized carbons (Fsp3) is 0.421. The van der Waals surface area contributed by atoms with E-state index in [2.05, 4.69) is 25.1 Å². The molecule has 2 aromatic rings. The molecule has 3 rings (SSSR count). The Kier molecular flexibility index (Phi) is 7.71. The molecule has 0 bridgehead atoms. The number of piperazine rings is 1. The minimum absolute atomic E-state index is 0.0311. The van der Waals surface area contributed by atoms with Gasteiger partial charge in [0.05, 0.1) is 23.1 Å². The first-order chi connectivity index (χ1) is 13.6. The Labute approximate surface area is 174 Å². The summed E-state index contributed by atoms with van der Waals surface area (Å²) in [5, 5.41) is 3.84. The molecule has 1 aromatic carbocycles. The highest BCUT2D eigenvalue weighted by molar-refractivity contribution is 6.42. The minimum Gasteiger partial charge on any atom is -0.493 e. The van der Waals surface area contributed by atoms with Crippen LogP contribution in [0, 0.1) is 0 Å². The number of nitrogens with one attached hydrogen (secondary N) is 1. The standard InChI is InChI=1S/C19H23Cl2N5O2/c20-16-3-2-15(14-17(16)21)28-13-4-18(27)22-7-8-25-9-11-26(12-10-25)19-23-5-1-6-24-19/h1-3,5-6,14H,4,7-13H2,(H,22,27). The summed E-state index contributed by atoms with van der Waals surface area (Å²) in [7, 11) is 0. The fourth-order valence-electron chi connectivity index (χ4n) is 2.90. The maximum atomic E-state index is 12.0. The normalized spacial score (nSPS) is 14.7. The summed E-state index contributed by atoms with van der Waals surface area (Å²) in [6.07, 6.45) is 3.81. The zero-order valence-corrected chi connectivity index (χ0v) is 17.0. The van der Waals surface area contributed by atoms with Gasteiger partial charge in [-0.05, 0) is 18.2 Å². The quantitative estimate of drug-likeness (QED) is 0.702. The molecule has 1 fully saturated rings. The molecule has 0 unspecified atom stereocenters. The van der Waals surface area contributed by atoms with Crippen LogP contribution in [0.25, 0.3) is 0 Å². The van der Waals surface area contributed by atoms with Crippen LogP contribution in [0.2, 0.25) is 10.0 Å². The van der Waals surface area contributed by atoms with Gasteiger partial charge >= 0.3 is 0 Å². The second-order valence-corrected chi connectivity index (χ2v) is 7.22. The van der Waals surface area contributed by atoms with E-state index in [4.69, 9.17) is 27.9 Å². The fourth-order valence-corrected chi connectivity index (χ4v) is 3.18. The summed E-state index contributed by atoms with van der Waals surface area (Å²) >= 11 is 11.8. The molecule has 0 radical (unpaired) electrons. The molecular weight excluding hydrogens is 401 g/mol. The van der Waals surface area contributed by atoms with Crippen molar-refractivity contribution in [3.63, 3.8) is 0 Å². The molecule has 1 aliphatic rings. The number of hydrogen-bond acceptors (Lipinski definition) is 6. The van der Waals surface area contributed by atoms with Gasteiger partial charge in [0.2, 0.25) is 11.9 Å². The first kappa shape index (κ1) is 20.6. The van der Waals surface area contributed by atoms with Crippen LogP contribution in [0.1, 0.15) is 6.42 Å². The van der Waals surface area contributed by atoms with E-state index < -0.39 is 0 Å². The van der Waals surface area contributed by atoms with E-state index in [1.807, 2.05) is 6.07 Å². The molecule has 0 spiro atoms. The number of anilines is 1. The minimum atomic E-state index is -0.0311. The molecule has 1 saturated heterocycles. The van der Waals surface area contributed by atoms with Gasteiger partial charge in [0.1, 0.15) is 5.75 Å². The number of carbonyl (C=O) groups is 1. The summed E-state index contributed by atoms with van der Waals surface area (Å²) in [6.45, 7) is 5.35. The van der Waals surface area contributed by atoms with E-state index in [-0.39, 0.29) is 5.91 Å². The zero-order valence-electron chi connectivity index (χ0n) is 15.5. The number of halogens is 2. The van der Waals surface area contributed by atoms with Crippen LogP contribution in [-0.4, -0.2) is 66.7 Å².